The van der Waals surface area contributed by atoms with Crippen LogP contribution in [0, 0.1) is 0 Å². The van der Waals surface area contributed by atoms with Gasteiger partial charge in [0.15, 0.2) is 11.5 Å². The van der Waals surface area contributed by atoms with Crippen LogP contribution < -0.4 is 15.6 Å². The number of carbonyl (C=O) groups is 1. The van der Waals surface area contributed by atoms with Crippen LogP contribution in [-0.2, 0) is 11.8 Å². The lowest BCUT2D eigenvalue weighted by Gasteiger charge is -2.61. The van der Waals surface area contributed by atoms with Gasteiger partial charge in [0, 0.05) is 30.3 Å². The molecule has 6 rings (SSSR count). The van der Waals surface area contributed by atoms with Gasteiger partial charge in [-0.15, -0.1) is 6.58 Å². The molecule has 1 fully saturated rings. The molecule has 4 N–H and O–H groups in total. The molecule has 2 aromatic rings. The highest BCUT2D eigenvalue weighted by atomic mass is 16.5. The molecule has 2 aliphatic heterocycles. The van der Waals surface area contributed by atoms with Crippen molar-refractivity contribution in [3.63, 3.8) is 0 Å². The topological polar surface area (TPSA) is 94.1 Å². The number of nitrogens with zero attached hydrogens (tertiary/aromatic N) is 1. The van der Waals surface area contributed by atoms with E-state index in [1.54, 1.807) is 18.2 Å². The number of nitrogens with one attached hydrogen (secondary N) is 2. The van der Waals surface area contributed by atoms with Crippen LogP contribution in [0.1, 0.15) is 40.7 Å². The number of carbonyl (C=O) groups excluding carboxylic acids is 1. The van der Waals surface area contributed by atoms with Crippen LogP contribution in [-0.4, -0.2) is 45.8 Å². The summed E-state index contributed by atoms with van der Waals surface area (Å²) in [4.78, 5) is 14.9. The van der Waals surface area contributed by atoms with Crippen LogP contribution in [0.25, 0.3) is 0 Å². The van der Waals surface area contributed by atoms with E-state index in [1.165, 1.54) is 0 Å². The number of phenols is 1. The molecule has 0 aromatic heterocycles. The summed E-state index contributed by atoms with van der Waals surface area (Å²) < 4.78 is 6.34. The predicted molar refractivity (Wildman–Crippen MR) is 123 cm³/mol. The summed E-state index contributed by atoms with van der Waals surface area (Å²) in [7, 11) is 0. The highest BCUT2D eigenvalue weighted by Crippen LogP contribution is 2.66. The van der Waals surface area contributed by atoms with E-state index in [1.807, 2.05) is 30.3 Å². The number of amides is 1. The monoisotopic (exact) mass is 445 g/mol. The largest absolute Gasteiger partial charge is 0.504 e. The molecule has 2 bridgehead atoms. The molecule has 33 heavy (non-hydrogen) atoms. The fourth-order valence-electron chi connectivity index (χ4n) is 6.51. The number of piperidine rings is 1. The highest BCUT2D eigenvalue weighted by Gasteiger charge is 2.70. The number of rotatable bonds is 5. The van der Waals surface area contributed by atoms with Gasteiger partial charge in [-0.05, 0) is 49.4 Å². The minimum Gasteiger partial charge on any atom is -0.504 e. The second-order valence-electron chi connectivity index (χ2n) is 9.39. The molecule has 2 aliphatic carbocycles. The van der Waals surface area contributed by atoms with Crippen LogP contribution in [0.4, 0.5) is 0 Å². The Hall–Kier alpha value is -3.29. The van der Waals surface area contributed by atoms with Gasteiger partial charge in [0.25, 0.3) is 5.91 Å². The van der Waals surface area contributed by atoms with Crippen LogP contribution in [0.15, 0.2) is 66.6 Å². The second-order valence-corrected chi connectivity index (χ2v) is 9.39. The summed E-state index contributed by atoms with van der Waals surface area (Å²) in [5.41, 5.74) is 7.38. The lowest BCUT2D eigenvalue weighted by molar-refractivity contribution is -0.144. The first kappa shape index (κ1) is 20.3. The molecule has 3 atom stereocenters. The molecule has 3 unspecified atom stereocenters. The van der Waals surface area contributed by atoms with Crippen molar-refractivity contribution in [3.8, 4) is 11.5 Å². The molecule has 1 spiro atoms. The van der Waals surface area contributed by atoms with Crippen molar-refractivity contribution in [1.29, 1.82) is 0 Å². The van der Waals surface area contributed by atoms with Crippen LogP contribution in [0.3, 0.4) is 0 Å². The third-order valence-corrected chi connectivity index (χ3v) is 7.92. The first-order valence-corrected chi connectivity index (χ1v) is 11.4. The van der Waals surface area contributed by atoms with E-state index in [4.69, 9.17) is 4.74 Å². The molecule has 1 amide bonds. The molecule has 170 valence electrons. The Labute approximate surface area is 192 Å². The molecule has 0 radical (unpaired) electrons. The fourth-order valence-corrected chi connectivity index (χ4v) is 6.51. The standard InChI is InChI=1S/C26H27N3O4/c1-2-13-29-14-12-25-21-17-8-9-19(30)22(21)33-23(25)18(10-11-26(25,32)20(29)15-17)27-28-24(31)16-6-4-3-5-7-16/h2-9,20,27,30,32H,1,10-15H2,(H,28,31). The summed E-state index contributed by atoms with van der Waals surface area (Å²) in [5.74, 6) is 0.882. The molecular weight excluding hydrogens is 418 g/mol. The van der Waals surface area contributed by atoms with Gasteiger partial charge in [-0.2, -0.15) is 0 Å². The minimum atomic E-state index is -1.04. The SMILES string of the molecule is C=CCN1CCC23C4=C(NNC(=O)c5ccccc5)CCC2(O)C1Cc1ccc(O)c(c13)O4. The van der Waals surface area contributed by atoms with Crippen molar-refractivity contribution in [2.24, 2.45) is 0 Å². The molecule has 0 saturated carbocycles. The number of ether oxygens (including phenoxy) is 1. The van der Waals surface area contributed by atoms with Gasteiger partial charge < -0.3 is 14.9 Å². The number of likely N-dealkylation sites (tertiary alicyclic amines) is 1. The number of aromatic hydroxyl groups is 1. The third kappa shape index (κ3) is 2.60. The lowest BCUT2D eigenvalue weighted by atomic mass is 9.51. The van der Waals surface area contributed by atoms with Gasteiger partial charge in [-0.3, -0.25) is 20.5 Å². The Balaban J connectivity index is 1.44. The van der Waals surface area contributed by atoms with Gasteiger partial charge in [-0.25, -0.2) is 0 Å². The van der Waals surface area contributed by atoms with E-state index in [-0.39, 0.29) is 17.7 Å². The highest BCUT2D eigenvalue weighted by molar-refractivity contribution is 5.93. The maximum Gasteiger partial charge on any atom is 0.269 e. The van der Waals surface area contributed by atoms with Crippen molar-refractivity contribution < 1.29 is 19.7 Å². The Bertz CT molecular complexity index is 1190. The van der Waals surface area contributed by atoms with E-state index >= 15 is 0 Å². The van der Waals surface area contributed by atoms with E-state index in [2.05, 4.69) is 22.3 Å². The molecular formula is C26H27N3O4. The molecule has 4 aliphatic rings. The van der Waals surface area contributed by atoms with Crippen LogP contribution in [0.2, 0.25) is 0 Å². The summed E-state index contributed by atoms with van der Waals surface area (Å²) in [6, 6.07) is 12.5. The lowest BCUT2D eigenvalue weighted by Crippen LogP contribution is -2.72. The smallest absolute Gasteiger partial charge is 0.269 e. The number of hydrazine groups is 1. The number of allylic oxidation sites excluding steroid dienone is 1. The zero-order valence-electron chi connectivity index (χ0n) is 18.3. The first-order valence-electron chi connectivity index (χ1n) is 11.4. The van der Waals surface area contributed by atoms with Gasteiger partial charge in [0.1, 0.15) is 5.76 Å². The molecule has 2 heterocycles. The van der Waals surface area contributed by atoms with Crippen molar-refractivity contribution in [2.75, 3.05) is 13.1 Å². The summed E-state index contributed by atoms with van der Waals surface area (Å²) >= 11 is 0. The van der Waals surface area contributed by atoms with Gasteiger partial charge in [0.05, 0.1) is 16.7 Å². The summed E-state index contributed by atoms with van der Waals surface area (Å²) in [5, 5.41) is 22.9. The quantitative estimate of drug-likeness (QED) is 0.418. The van der Waals surface area contributed by atoms with Crippen molar-refractivity contribution >= 4 is 5.91 Å². The molecule has 7 heteroatoms. The molecule has 1 saturated heterocycles. The summed E-state index contributed by atoms with van der Waals surface area (Å²) in [6.07, 6.45) is 4.28. The first-order chi connectivity index (χ1) is 16.0. The van der Waals surface area contributed by atoms with Crippen molar-refractivity contribution in [3.05, 3.63) is 83.3 Å². The number of benzene rings is 2. The maximum absolute atomic E-state index is 12.6. The normalized spacial score (nSPS) is 29.2. The van der Waals surface area contributed by atoms with E-state index in [9.17, 15) is 15.0 Å². The van der Waals surface area contributed by atoms with Gasteiger partial charge in [0.2, 0.25) is 0 Å². The zero-order valence-corrected chi connectivity index (χ0v) is 18.3. The minimum absolute atomic E-state index is 0.0759. The Morgan fingerprint density at radius 1 is 1.24 bits per heavy atom. The molecule has 7 nitrogen and oxygen atoms in total. The number of hydrogen-bond acceptors (Lipinski definition) is 6. The third-order valence-electron chi connectivity index (χ3n) is 7.92. The van der Waals surface area contributed by atoms with Gasteiger partial charge in [-0.1, -0.05) is 30.3 Å². The molecule has 2 aromatic carbocycles. The van der Waals surface area contributed by atoms with Gasteiger partial charge >= 0.3 is 0 Å². The summed E-state index contributed by atoms with van der Waals surface area (Å²) in [6.45, 7) is 5.40. The van der Waals surface area contributed by atoms with Crippen molar-refractivity contribution in [1.82, 2.24) is 15.8 Å². The van der Waals surface area contributed by atoms with Crippen LogP contribution in [0.5, 0.6) is 11.5 Å². The second kappa shape index (κ2) is 7.10. The predicted octanol–water partition coefficient (Wildman–Crippen LogP) is 2.51. The van der Waals surface area contributed by atoms with Crippen molar-refractivity contribution in [2.45, 2.75) is 42.7 Å². The Morgan fingerprint density at radius 3 is 2.85 bits per heavy atom. The number of hydrogen-bond donors (Lipinski definition) is 4. The van der Waals surface area contributed by atoms with E-state index in [0.717, 1.165) is 23.4 Å². The number of aliphatic hydroxyl groups is 1. The Morgan fingerprint density at radius 2 is 2.06 bits per heavy atom. The fraction of sp³-hybridized carbons (Fsp3) is 0.346. The number of phenolic OH excluding ortho intramolecular Hbond substituents is 1. The zero-order chi connectivity index (χ0) is 22.8. The average molecular weight is 446 g/mol. The maximum atomic E-state index is 12.6. The van der Waals surface area contributed by atoms with E-state index < -0.39 is 11.0 Å². The van der Waals surface area contributed by atoms with Crippen LogP contribution >= 0.6 is 0 Å². The average Bonchev–Trinajstić information content (AvgIpc) is 3.18. The van der Waals surface area contributed by atoms with E-state index in [0.29, 0.717) is 49.3 Å². The Kier molecular flexibility index (Phi) is 4.38.